The Morgan fingerprint density at radius 3 is 3.00 bits per heavy atom. The molecule has 2 aliphatic rings. The molecule has 98 valence electrons. The third kappa shape index (κ3) is 2.74. The number of hydrazone groups is 1. The van der Waals surface area contributed by atoms with Crippen molar-refractivity contribution in [1.29, 1.82) is 0 Å². The van der Waals surface area contributed by atoms with Crippen LogP contribution in [0.2, 0.25) is 0 Å². The Kier molecular flexibility index (Phi) is 3.42. The SMILES string of the molecule is O=C1CCCC2C=CN(NCc3ccccc3)N=C12. The van der Waals surface area contributed by atoms with E-state index in [0.717, 1.165) is 12.8 Å². The van der Waals surface area contributed by atoms with E-state index in [1.165, 1.54) is 5.56 Å². The number of benzene rings is 1. The number of hydrogen-bond donors (Lipinski definition) is 1. The highest BCUT2D eigenvalue weighted by atomic mass is 16.1. The molecule has 0 saturated heterocycles. The van der Waals surface area contributed by atoms with Crippen LogP contribution in [0.25, 0.3) is 0 Å². The van der Waals surface area contributed by atoms with Gasteiger partial charge < -0.3 is 0 Å². The first-order valence-electron chi connectivity index (χ1n) is 6.69. The predicted octanol–water partition coefficient (Wildman–Crippen LogP) is 2.25. The second-order valence-electron chi connectivity index (χ2n) is 4.91. The molecule has 0 aromatic heterocycles. The number of nitrogens with one attached hydrogen (secondary N) is 1. The molecule has 1 N–H and O–H groups in total. The lowest BCUT2D eigenvalue weighted by Crippen LogP contribution is -2.38. The minimum atomic E-state index is 0.187. The summed E-state index contributed by atoms with van der Waals surface area (Å²) >= 11 is 0. The van der Waals surface area contributed by atoms with Crippen LogP contribution < -0.4 is 5.43 Å². The largest absolute Gasteiger partial charge is 0.293 e. The number of carbonyl (C=O) groups excluding carboxylic acids is 1. The Balaban J connectivity index is 1.65. The topological polar surface area (TPSA) is 44.7 Å². The molecule has 0 amide bonds. The summed E-state index contributed by atoms with van der Waals surface area (Å²) in [4.78, 5) is 11.8. The normalized spacial score (nSPS) is 22.1. The quantitative estimate of drug-likeness (QED) is 0.901. The Bertz CT molecular complexity index is 521. The molecule has 1 unspecified atom stereocenters. The lowest BCUT2D eigenvalue weighted by molar-refractivity contribution is -0.114. The van der Waals surface area contributed by atoms with Gasteiger partial charge in [-0.25, -0.2) is 10.5 Å². The van der Waals surface area contributed by atoms with Crippen molar-refractivity contribution in [3.05, 3.63) is 48.2 Å². The summed E-state index contributed by atoms with van der Waals surface area (Å²) in [5, 5.41) is 6.06. The van der Waals surface area contributed by atoms with E-state index in [-0.39, 0.29) is 11.7 Å². The second kappa shape index (κ2) is 5.36. The van der Waals surface area contributed by atoms with Crippen molar-refractivity contribution in [3.63, 3.8) is 0 Å². The molecule has 4 nitrogen and oxygen atoms in total. The molecule has 1 fully saturated rings. The molecular formula is C15H17N3O. The van der Waals surface area contributed by atoms with Gasteiger partial charge in [-0.2, -0.15) is 5.10 Å². The van der Waals surface area contributed by atoms with E-state index < -0.39 is 0 Å². The van der Waals surface area contributed by atoms with E-state index >= 15 is 0 Å². The van der Waals surface area contributed by atoms with Gasteiger partial charge in [0.15, 0.2) is 5.78 Å². The molecule has 1 aromatic rings. The van der Waals surface area contributed by atoms with Crippen LogP contribution in [0.3, 0.4) is 0 Å². The summed E-state index contributed by atoms with van der Waals surface area (Å²) in [6.45, 7) is 0.695. The highest BCUT2D eigenvalue weighted by Crippen LogP contribution is 2.23. The van der Waals surface area contributed by atoms with Crippen molar-refractivity contribution in [2.24, 2.45) is 11.0 Å². The van der Waals surface area contributed by atoms with Crippen molar-refractivity contribution in [3.8, 4) is 0 Å². The number of nitrogens with zero attached hydrogens (tertiary/aromatic N) is 2. The van der Waals surface area contributed by atoms with Gasteiger partial charge in [-0.3, -0.25) is 4.79 Å². The average molecular weight is 255 g/mol. The molecule has 1 heterocycles. The Hall–Kier alpha value is -1.94. The Morgan fingerprint density at radius 1 is 1.32 bits per heavy atom. The van der Waals surface area contributed by atoms with E-state index in [4.69, 9.17) is 0 Å². The van der Waals surface area contributed by atoms with Crippen LogP contribution in [0.4, 0.5) is 0 Å². The standard InChI is InChI=1S/C15H17N3O/c19-14-8-4-7-13-9-10-18(17-15(13)14)16-11-12-5-2-1-3-6-12/h1-3,5-6,9-10,13,16H,4,7-8,11H2. The highest BCUT2D eigenvalue weighted by molar-refractivity contribution is 6.41. The van der Waals surface area contributed by atoms with Gasteiger partial charge in [0.2, 0.25) is 0 Å². The first kappa shape index (κ1) is 12.1. The van der Waals surface area contributed by atoms with E-state index in [2.05, 4.69) is 28.7 Å². The fraction of sp³-hybridized carbons (Fsp3) is 0.333. The average Bonchev–Trinajstić information content (AvgIpc) is 2.47. The molecule has 4 heteroatoms. The number of hydrazine groups is 1. The van der Waals surface area contributed by atoms with Gasteiger partial charge in [0, 0.05) is 25.1 Å². The van der Waals surface area contributed by atoms with Crippen LogP contribution in [-0.2, 0) is 11.3 Å². The molecule has 1 saturated carbocycles. The fourth-order valence-electron chi connectivity index (χ4n) is 2.46. The number of Topliss-reactive ketones (excluding diaryl/α,β-unsaturated/α-hetero) is 1. The van der Waals surface area contributed by atoms with Crippen molar-refractivity contribution in [2.45, 2.75) is 25.8 Å². The fourth-order valence-corrected chi connectivity index (χ4v) is 2.46. The molecule has 0 bridgehead atoms. The van der Waals surface area contributed by atoms with Gasteiger partial charge >= 0.3 is 0 Å². The van der Waals surface area contributed by atoms with Crippen molar-refractivity contribution in [1.82, 2.24) is 10.5 Å². The van der Waals surface area contributed by atoms with E-state index in [1.54, 1.807) is 5.12 Å². The van der Waals surface area contributed by atoms with Crippen LogP contribution in [0.5, 0.6) is 0 Å². The molecule has 1 aliphatic heterocycles. The first-order chi connectivity index (χ1) is 9.33. The monoisotopic (exact) mass is 255 g/mol. The molecule has 3 rings (SSSR count). The van der Waals surface area contributed by atoms with Crippen LogP contribution in [0.1, 0.15) is 24.8 Å². The number of allylic oxidation sites excluding steroid dienone is 1. The first-order valence-corrected chi connectivity index (χ1v) is 6.69. The number of carbonyl (C=O) groups is 1. The number of rotatable bonds is 3. The molecule has 1 aliphatic carbocycles. The number of fused-ring (bicyclic) bond motifs is 1. The van der Waals surface area contributed by atoms with Gasteiger partial charge in [0.05, 0.1) is 0 Å². The van der Waals surface area contributed by atoms with Crippen LogP contribution >= 0.6 is 0 Å². The molecule has 1 atom stereocenters. The van der Waals surface area contributed by atoms with Gasteiger partial charge in [0.25, 0.3) is 0 Å². The summed E-state index contributed by atoms with van der Waals surface area (Å²) < 4.78 is 0. The van der Waals surface area contributed by atoms with E-state index in [9.17, 15) is 4.79 Å². The molecular weight excluding hydrogens is 238 g/mol. The summed E-state index contributed by atoms with van der Waals surface area (Å²) in [6, 6.07) is 10.1. The van der Waals surface area contributed by atoms with Crippen molar-refractivity contribution < 1.29 is 4.79 Å². The molecule has 1 aromatic carbocycles. The van der Waals surface area contributed by atoms with Crippen molar-refractivity contribution >= 4 is 11.5 Å². The van der Waals surface area contributed by atoms with Gasteiger partial charge in [-0.15, -0.1) is 0 Å². The maximum Gasteiger partial charge on any atom is 0.179 e. The van der Waals surface area contributed by atoms with E-state index in [1.807, 2.05) is 24.4 Å². The zero-order valence-electron chi connectivity index (χ0n) is 10.7. The van der Waals surface area contributed by atoms with Gasteiger partial charge in [0.1, 0.15) is 5.71 Å². The maximum absolute atomic E-state index is 11.8. The lowest BCUT2D eigenvalue weighted by atomic mass is 9.86. The van der Waals surface area contributed by atoms with Crippen LogP contribution in [-0.4, -0.2) is 16.6 Å². The second-order valence-corrected chi connectivity index (χ2v) is 4.91. The summed E-state index contributed by atoms with van der Waals surface area (Å²) in [5.74, 6) is 0.406. The molecule has 0 radical (unpaired) electrons. The molecule has 19 heavy (non-hydrogen) atoms. The third-order valence-electron chi connectivity index (χ3n) is 3.52. The summed E-state index contributed by atoms with van der Waals surface area (Å²) in [6.07, 6.45) is 6.63. The number of ketones is 1. The number of hydrogen-bond acceptors (Lipinski definition) is 4. The van der Waals surface area contributed by atoms with Gasteiger partial charge in [-0.05, 0) is 18.4 Å². The third-order valence-corrected chi connectivity index (χ3v) is 3.52. The smallest absolute Gasteiger partial charge is 0.179 e. The van der Waals surface area contributed by atoms with Crippen LogP contribution in [0, 0.1) is 5.92 Å². The molecule has 0 spiro atoms. The minimum absolute atomic E-state index is 0.187. The van der Waals surface area contributed by atoms with Crippen molar-refractivity contribution in [2.75, 3.05) is 0 Å². The summed E-state index contributed by atoms with van der Waals surface area (Å²) in [7, 11) is 0. The minimum Gasteiger partial charge on any atom is -0.293 e. The zero-order valence-corrected chi connectivity index (χ0v) is 10.7. The maximum atomic E-state index is 11.8. The zero-order chi connectivity index (χ0) is 13.1. The Morgan fingerprint density at radius 2 is 2.16 bits per heavy atom. The van der Waals surface area contributed by atoms with Gasteiger partial charge in [-0.1, -0.05) is 36.4 Å². The Labute approximate surface area is 112 Å². The lowest BCUT2D eigenvalue weighted by Gasteiger charge is -2.27. The van der Waals surface area contributed by atoms with E-state index in [0.29, 0.717) is 18.7 Å². The predicted molar refractivity (Wildman–Crippen MR) is 74.0 cm³/mol. The van der Waals surface area contributed by atoms with Crippen LogP contribution in [0.15, 0.2) is 47.7 Å². The summed E-state index contributed by atoms with van der Waals surface area (Å²) in [5.41, 5.74) is 5.09. The highest BCUT2D eigenvalue weighted by Gasteiger charge is 2.28.